The van der Waals surface area contributed by atoms with Gasteiger partial charge in [0.05, 0.1) is 17.2 Å². The first-order valence-electron chi connectivity index (χ1n) is 7.15. The lowest BCUT2D eigenvalue weighted by molar-refractivity contribution is 0.424. The van der Waals surface area contributed by atoms with Gasteiger partial charge in [0.2, 0.25) is 0 Å². The smallest absolute Gasteiger partial charge is 0.0898 e. The number of hydrogen-bond donors (Lipinski definition) is 1. The van der Waals surface area contributed by atoms with E-state index in [-0.39, 0.29) is 5.54 Å². The fourth-order valence-electron chi connectivity index (χ4n) is 2.10. The highest BCUT2D eigenvalue weighted by atomic mass is 32.1. The SMILES string of the molecule is Cc1nc(CN(C)c2ccncc2CNC(C)(C)C)cs1. The van der Waals surface area contributed by atoms with E-state index in [4.69, 9.17) is 0 Å². The molecule has 0 saturated carbocycles. The maximum Gasteiger partial charge on any atom is 0.0898 e. The fraction of sp³-hybridized carbons (Fsp3) is 0.500. The Kier molecular flexibility index (Phi) is 4.96. The van der Waals surface area contributed by atoms with Crippen LogP contribution in [0.2, 0.25) is 0 Å². The highest BCUT2D eigenvalue weighted by Crippen LogP contribution is 2.21. The molecule has 0 atom stereocenters. The van der Waals surface area contributed by atoms with Crippen LogP contribution in [0.4, 0.5) is 5.69 Å². The highest BCUT2D eigenvalue weighted by Gasteiger charge is 2.13. The van der Waals surface area contributed by atoms with E-state index in [2.05, 4.69) is 59.4 Å². The van der Waals surface area contributed by atoms with Crippen molar-refractivity contribution in [1.29, 1.82) is 0 Å². The number of thiazole rings is 1. The van der Waals surface area contributed by atoms with Gasteiger partial charge in [-0.2, -0.15) is 0 Å². The predicted octanol–water partition coefficient (Wildman–Crippen LogP) is 3.37. The maximum atomic E-state index is 4.54. The Morgan fingerprint density at radius 3 is 2.71 bits per heavy atom. The lowest BCUT2D eigenvalue weighted by Gasteiger charge is -2.25. The quantitative estimate of drug-likeness (QED) is 0.919. The summed E-state index contributed by atoms with van der Waals surface area (Å²) in [4.78, 5) is 11.0. The maximum absolute atomic E-state index is 4.54. The summed E-state index contributed by atoms with van der Waals surface area (Å²) in [5.41, 5.74) is 3.62. The van der Waals surface area contributed by atoms with Crippen LogP contribution >= 0.6 is 11.3 Å². The number of pyridine rings is 1. The first-order chi connectivity index (χ1) is 9.85. The van der Waals surface area contributed by atoms with Crippen LogP contribution in [0.1, 0.15) is 37.0 Å². The largest absolute Gasteiger partial charge is 0.368 e. The molecule has 21 heavy (non-hydrogen) atoms. The van der Waals surface area contributed by atoms with E-state index in [0.717, 1.165) is 23.8 Å². The van der Waals surface area contributed by atoms with E-state index in [1.54, 1.807) is 11.3 Å². The molecule has 2 aromatic rings. The molecule has 2 heterocycles. The summed E-state index contributed by atoms with van der Waals surface area (Å²) >= 11 is 1.70. The second-order valence-corrected chi connectivity index (χ2v) is 7.38. The molecule has 0 bridgehead atoms. The van der Waals surface area contributed by atoms with Gasteiger partial charge in [-0.3, -0.25) is 4.98 Å². The summed E-state index contributed by atoms with van der Waals surface area (Å²) in [6.07, 6.45) is 3.79. The molecule has 0 aliphatic heterocycles. The van der Waals surface area contributed by atoms with Gasteiger partial charge in [0, 0.05) is 48.2 Å². The van der Waals surface area contributed by atoms with Gasteiger partial charge in [-0.1, -0.05) is 0 Å². The van der Waals surface area contributed by atoms with Gasteiger partial charge in [-0.25, -0.2) is 4.98 Å². The Morgan fingerprint density at radius 1 is 1.33 bits per heavy atom. The molecule has 0 amide bonds. The van der Waals surface area contributed by atoms with Crippen LogP contribution in [-0.4, -0.2) is 22.6 Å². The van der Waals surface area contributed by atoms with Crippen LogP contribution in [0.25, 0.3) is 0 Å². The zero-order valence-corrected chi connectivity index (χ0v) is 14.3. The van der Waals surface area contributed by atoms with Crippen LogP contribution in [-0.2, 0) is 13.1 Å². The standard InChI is InChI=1S/C16H24N4S/c1-12-19-14(11-21-12)10-20(5)15-6-7-17-8-13(15)9-18-16(2,3)4/h6-8,11,18H,9-10H2,1-5H3. The van der Waals surface area contributed by atoms with Crippen LogP contribution in [0, 0.1) is 6.92 Å². The molecule has 0 aliphatic rings. The normalized spacial score (nSPS) is 11.7. The van der Waals surface area contributed by atoms with Gasteiger partial charge in [0.15, 0.2) is 0 Å². The van der Waals surface area contributed by atoms with Gasteiger partial charge >= 0.3 is 0 Å². The zero-order chi connectivity index (χ0) is 15.5. The van der Waals surface area contributed by atoms with Crippen molar-refractivity contribution in [2.24, 2.45) is 0 Å². The molecule has 1 N–H and O–H groups in total. The minimum absolute atomic E-state index is 0.0949. The molecular weight excluding hydrogens is 280 g/mol. The molecule has 114 valence electrons. The molecule has 4 nitrogen and oxygen atoms in total. The molecule has 2 aromatic heterocycles. The lowest BCUT2D eigenvalue weighted by atomic mass is 10.1. The first-order valence-corrected chi connectivity index (χ1v) is 8.03. The molecule has 5 heteroatoms. The molecule has 0 fully saturated rings. The summed E-state index contributed by atoms with van der Waals surface area (Å²) in [5.74, 6) is 0. The Bertz CT molecular complexity index is 586. The molecule has 0 aliphatic carbocycles. The third kappa shape index (κ3) is 4.79. The number of nitrogens with zero attached hydrogens (tertiary/aromatic N) is 3. The first kappa shape index (κ1) is 15.9. The summed E-state index contributed by atoms with van der Waals surface area (Å²) in [5, 5.41) is 6.76. The fourth-order valence-corrected chi connectivity index (χ4v) is 2.70. The number of anilines is 1. The number of aromatic nitrogens is 2. The second-order valence-electron chi connectivity index (χ2n) is 6.32. The van der Waals surface area contributed by atoms with Crippen LogP contribution in [0.15, 0.2) is 23.8 Å². The van der Waals surface area contributed by atoms with E-state index < -0.39 is 0 Å². The van der Waals surface area contributed by atoms with E-state index >= 15 is 0 Å². The summed E-state index contributed by atoms with van der Waals surface area (Å²) < 4.78 is 0. The third-order valence-corrected chi connectivity index (χ3v) is 3.99. The molecule has 2 rings (SSSR count). The highest BCUT2D eigenvalue weighted by molar-refractivity contribution is 7.09. The Morgan fingerprint density at radius 2 is 2.10 bits per heavy atom. The summed E-state index contributed by atoms with van der Waals surface area (Å²) in [6.45, 7) is 10.2. The van der Waals surface area contributed by atoms with E-state index in [1.165, 1.54) is 11.3 Å². The molecule has 0 spiro atoms. The van der Waals surface area contributed by atoms with Crippen molar-refractivity contribution in [3.8, 4) is 0 Å². The van der Waals surface area contributed by atoms with Gasteiger partial charge in [0.1, 0.15) is 0 Å². The van der Waals surface area contributed by atoms with E-state index in [9.17, 15) is 0 Å². The number of aryl methyl sites for hydroxylation is 1. The number of hydrogen-bond acceptors (Lipinski definition) is 5. The minimum atomic E-state index is 0.0949. The Hall–Kier alpha value is -1.46. The predicted molar refractivity (Wildman–Crippen MR) is 89.8 cm³/mol. The van der Waals surface area contributed by atoms with Crippen LogP contribution in [0.3, 0.4) is 0 Å². The van der Waals surface area contributed by atoms with Gasteiger partial charge in [0.25, 0.3) is 0 Å². The lowest BCUT2D eigenvalue weighted by Crippen LogP contribution is -2.35. The number of nitrogens with one attached hydrogen (secondary N) is 1. The van der Waals surface area contributed by atoms with E-state index in [0.29, 0.717) is 0 Å². The molecule has 0 saturated heterocycles. The number of rotatable bonds is 5. The van der Waals surface area contributed by atoms with Gasteiger partial charge in [-0.15, -0.1) is 11.3 Å². The zero-order valence-electron chi connectivity index (χ0n) is 13.5. The van der Waals surface area contributed by atoms with Gasteiger partial charge < -0.3 is 10.2 Å². The summed E-state index contributed by atoms with van der Waals surface area (Å²) in [7, 11) is 2.10. The van der Waals surface area contributed by atoms with Crippen molar-refractivity contribution >= 4 is 17.0 Å². The topological polar surface area (TPSA) is 41.1 Å². The monoisotopic (exact) mass is 304 g/mol. The van der Waals surface area contributed by atoms with E-state index in [1.807, 2.05) is 19.3 Å². The van der Waals surface area contributed by atoms with Crippen LogP contribution in [0.5, 0.6) is 0 Å². The van der Waals surface area contributed by atoms with Crippen molar-refractivity contribution in [3.05, 3.63) is 40.1 Å². The molecule has 0 unspecified atom stereocenters. The van der Waals surface area contributed by atoms with Crippen molar-refractivity contribution < 1.29 is 0 Å². The summed E-state index contributed by atoms with van der Waals surface area (Å²) in [6, 6.07) is 2.07. The molecular formula is C16H24N4S. The average molecular weight is 304 g/mol. The van der Waals surface area contributed by atoms with Crippen molar-refractivity contribution in [2.75, 3.05) is 11.9 Å². The minimum Gasteiger partial charge on any atom is -0.368 e. The Labute approximate surface area is 131 Å². The second kappa shape index (κ2) is 6.54. The van der Waals surface area contributed by atoms with Gasteiger partial charge in [-0.05, 0) is 33.8 Å². The van der Waals surface area contributed by atoms with Crippen molar-refractivity contribution in [3.63, 3.8) is 0 Å². The molecule has 0 aromatic carbocycles. The van der Waals surface area contributed by atoms with Crippen molar-refractivity contribution in [1.82, 2.24) is 15.3 Å². The average Bonchev–Trinajstić information content (AvgIpc) is 2.81. The Balaban J connectivity index is 2.11. The van der Waals surface area contributed by atoms with Crippen molar-refractivity contribution in [2.45, 2.75) is 46.3 Å². The third-order valence-electron chi connectivity index (χ3n) is 3.16. The molecule has 0 radical (unpaired) electrons. The van der Waals surface area contributed by atoms with Crippen LogP contribution < -0.4 is 10.2 Å².